The first-order valence-corrected chi connectivity index (χ1v) is 11.3. The van der Waals surface area contributed by atoms with Crippen molar-refractivity contribution in [2.75, 3.05) is 33.4 Å². The van der Waals surface area contributed by atoms with Crippen LogP contribution in [0.5, 0.6) is 11.5 Å². The molecular formula is C25H37IN4O3. The lowest BCUT2D eigenvalue weighted by atomic mass is 10.1. The lowest BCUT2D eigenvalue weighted by molar-refractivity contribution is 0.0953. The molecule has 0 fully saturated rings. The Hall–Kier alpha value is -2.49. The zero-order valence-electron chi connectivity index (χ0n) is 20.1. The van der Waals surface area contributed by atoms with Gasteiger partial charge in [-0.1, -0.05) is 25.1 Å². The summed E-state index contributed by atoms with van der Waals surface area (Å²) in [6.45, 7) is 9.14. The maximum atomic E-state index is 12.2. The van der Waals surface area contributed by atoms with Gasteiger partial charge in [-0.3, -0.25) is 9.79 Å². The second kappa shape index (κ2) is 16.2. The minimum Gasteiger partial charge on any atom is -0.490 e. The summed E-state index contributed by atoms with van der Waals surface area (Å²) in [5.74, 6) is 2.21. The Bertz CT molecular complexity index is 890. The third-order valence-corrected chi connectivity index (χ3v) is 4.72. The number of nitrogens with one attached hydrogen (secondary N) is 3. The molecule has 33 heavy (non-hydrogen) atoms. The molecule has 0 radical (unpaired) electrons. The van der Waals surface area contributed by atoms with Crippen LogP contribution < -0.4 is 25.4 Å². The molecule has 2 aromatic rings. The van der Waals surface area contributed by atoms with Gasteiger partial charge in [-0.2, -0.15) is 0 Å². The van der Waals surface area contributed by atoms with E-state index in [4.69, 9.17) is 9.47 Å². The zero-order chi connectivity index (χ0) is 23.2. The predicted octanol–water partition coefficient (Wildman–Crippen LogP) is 4.15. The number of halogens is 1. The Balaban J connectivity index is 0.00000544. The van der Waals surface area contributed by atoms with E-state index in [-0.39, 0.29) is 29.9 Å². The Morgan fingerprint density at radius 2 is 1.64 bits per heavy atom. The summed E-state index contributed by atoms with van der Waals surface area (Å²) in [6, 6.07) is 13.7. The molecule has 1 amide bonds. The molecule has 0 aliphatic heterocycles. The highest BCUT2D eigenvalue weighted by atomic mass is 127. The van der Waals surface area contributed by atoms with Gasteiger partial charge in [0.05, 0.1) is 13.2 Å². The molecule has 0 aromatic heterocycles. The molecule has 0 aliphatic carbocycles. The topological polar surface area (TPSA) is 84.0 Å². The highest BCUT2D eigenvalue weighted by molar-refractivity contribution is 14.0. The lowest BCUT2D eigenvalue weighted by Crippen LogP contribution is -2.37. The normalized spacial score (nSPS) is 10.7. The molecule has 0 spiro atoms. The van der Waals surface area contributed by atoms with Gasteiger partial charge < -0.3 is 25.4 Å². The minimum absolute atomic E-state index is 0. The molecule has 0 saturated carbocycles. The number of hydrogen-bond acceptors (Lipinski definition) is 4. The van der Waals surface area contributed by atoms with Crippen molar-refractivity contribution in [1.29, 1.82) is 0 Å². The van der Waals surface area contributed by atoms with Gasteiger partial charge in [0.1, 0.15) is 0 Å². The molecular weight excluding hydrogens is 531 g/mol. The standard InChI is InChI=1S/C25H36N4O3.HI/c1-5-14-27-24(30)21-10-8-9-20(16-21)18-29-25(26-4)28-15-13-19-11-12-22(31-6-2)23(17-19)32-7-3;/h8-12,16-17H,5-7,13-15,18H2,1-4H3,(H,27,30)(H2,26,28,29);1H. The minimum atomic E-state index is -0.0435. The molecule has 8 heteroatoms. The van der Waals surface area contributed by atoms with Crippen molar-refractivity contribution in [2.24, 2.45) is 4.99 Å². The maximum absolute atomic E-state index is 12.2. The monoisotopic (exact) mass is 568 g/mol. The summed E-state index contributed by atoms with van der Waals surface area (Å²) in [5.41, 5.74) is 2.84. The van der Waals surface area contributed by atoms with E-state index in [9.17, 15) is 4.79 Å². The zero-order valence-corrected chi connectivity index (χ0v) is 22.4. The van der Waals surface area contributed by atoms with Gasteiger partial charge in [-0.15, -0.1) is 24.0 Å². The number of hydrogen-bond donors (Lipinski definition) is 3. The number of rotatable bonds is 12. The van der Waals surface area contributed by atoms with Crippen molar-refractivity contribution >= 4 is 35.8 Å². The van der Waals surface area contributed by atoms with Crippen LogP contribution in [0.2, 0.25) is 0 Å². The first-order valence-electron chi connectivity index (χ1n) is 11.3. The summed E-state index contributed by atoms with van der Waals surface area (Å²) in [5, 5.41) is 9.54. The van der Waals surface area contributed by atoms with Gasteiger partial charge in [0.2, 0.25) is 0 Å². The highest BCUT2D eigenvalue weighted by Crippen LogP contribution is 2.28. The number of aliphatic imine (C=N–C) groups is 1. The second-order valence-corrected chi connectivity index (χ2v) is 7.21. The van der Waals surface area contributed by atoms with Crippen molar-refractivity contribution in [1.82, 2.24) is 16.0 Å². The second-order valence-electron chi connectivity index (χ2n) is 7.21. The van der Waals surface area contributed by atoms with Gasteiger partial charge >= 0.3 is 0 Å². The summed E-state index contributed by atoms with van der Waals surface area (Å²) in [4.78, 5) is 16.5. The van der Waals surface area contributed by atoms with Crippen LogP contribution in [-0.2, 0) is 13.0 Å². The molecule has 0 heterocycles. The van der Waals surface area contributed by atoms with Crippen LogP contribution in [-0.4, -0.2) is 45.2 Å². The first kappa shape index (κ1) is 28.5. The largest absolute Gasteiger partial charge is 0.490 e. The molecule has 0 unspecified atom stereocenters. The van der Waals surface area contributed by atoms with E-state index in [0.29, 0.717) is 37.8 Å². The van der Waals surface area contributed by atoms with E-state index in [0.717, 1.165) is 42.0 Å². The predicted molar refractivity (Wildman–Crippen MR) is 145 cm³/mol. The SMILES string of the molecule is CCCNC(=O)c1cccc(CNC(=NC)NCCc2ccc(OCC)c(OCC)c2)c1.I. The Labute approximate surface area is 214 Å². The number of ether oxygens (including phenoxy) is 2. The molecule has 2 rings (SSSR count). The van der Waals surface area contributed by atoms with Crippen LogP contribution in [0.4, 0.5) is 0 Å². The molecule has 2 aromatic carbocycles. The van der Waals surface area contributed by atoms with Crippen LogP contribution >= 0.6 is 24.0 Å². The van der Waals surface area contributed by atoms with Crippen molar-refractivity contribution in [3.63, 3.8) is 0 Å². The van der Waals surface area contributed by atoms with E-state index in [2.05, 4.69) is 27.0 Å². The molecule has 182 valence electrons. The molecule has 3 N–H and O–H groups in total. The van der Waals surface area contributed by atoms with Gasteiger partial charge in [-0.25, -0.2) is 0 Å². The summed E-state index contributed by atoms with van der Waals surface area (Å²) >= 11 is 0. The number of guanidine groups is 1. The Kier molecular flexibility index (Phi) is 14.0. The number of benzene rings is 2. The van der Waals surface area contributed by atoms with Crippen LogP contribution in [0.15, 0.2) is 47.5 Å². The quantitative estimate of drug-likeness (QED) is 0.204. The number of nitrogens with zero attached hydrogens (tertiary/aromatic N) is 1. The van der Waals surface area contributed by atoms with Crippen LogP contribution in [0.25, 0.3) is 0 Å². The van der Waals surface area contributed by atoms with Gasteiger partial charge in [-0.05, 0) is 62.1 Å². The fourth-order valence-corrected chi connectivity index (χ4v) is 3.15. The summed E-state index contributed by atoms with van der Waals surface area (Å²) < 4.78 is 11.3. The molecule has 7 nitrogen and oxygen atoms in total. The van der Waals surface area contributed by atoms with E-state index in [1.807, 2.05) is 57.2 Å². The van der Waals surface area contributed by atoms with E-state index < -0.39 is 0 Å². The summed E-state index contributed by atoms with van der Waals surface area (Å²) in [7, 11) is 1.74. The third-order valence-electron chi connectivity index (χ3n) is 4.72. The maximum Gasteiger partial charge on any atom is 0.251 e. The molecule has 0 saturated heterocycles. The van der Waals surface area contributed by atoms with Crippen molar-refractivity contribution in [3.8, 4) is 11.5 Å². The number of amides is 1. The van der Waals surface area contributed by atoms with Crippen LogP contribution in [0.1, 0.15) is 48.7 Å². The van der Waals surface area contributed by atoms with Crippen molar-refractivity contribution < 1.29 is 14.3 Å². The number of carbonyl (C=O) groups is 1. The van der Waals surface area contributed by atoms with E-state index >= 15 is 0 Å². The van der Waals surface area contributed by atoms with Gasteiger partial charge in [0, 0.05) is 32.2 Å². The Morgan fingerprint density at radius 3 is 2.33 bits per heavy atom. The first-order chi connectivity index (χ1) is 15.6. The summed E-state index contributed by atoms with van der Waals surface area (Å²) in [6.07, 6.45) is 1.73. The van der Waals surface area contributed by atoms with Crippen LogP contribution in [0.3, 0.4) is 0 Å². The van der Waals surface area contributed by atoms with Gasteiger partial charge in [0.15, 0.2) is 17.5 Å². The molecule has 0 aliphatic rings. The fourth-order valence-electron chi connectivity index (χ4n) is 3.15. The molecule has 0 bridgehead atoms. The highest BCUT2D eigenvalue weighted by Gasteiger charge is 2.08. The van der Waals surface area contributed by atoms with E-state index in [1.54, 1.807) is 7.05 Å². The van der Waals surface area contributed by atoms with Crippen LogP contribution in [0, 0.1) is 0 Å². The lowest BCUT2D eigenvalue weighted by Gasteiger charge is -2.14. The third kappa shape index (κ3) is 9.89. The van der Waals surface area contributed by atoms with Gasteiger partial charge in [0.25, 0.3) is 5.91 Å². The van der Waals surface area contributed by atoms with Crippen molar-refractivity contribution in [2.45, 2.75) is 40.2 Å². The molecule has 0 atom stereocenters. The van der Waals surface area contributed by atoms with Crippen molar-refractivity contribution in [3.05, 3.63) is 59.2 Å². The van der Waals surface area contributed by atoms with E-state index in [1.165, 1.54) is 0 Å². The average molecular weight is 569 g/mol. The number of carbonyl (C=O) groups excluding carboxylic acids is 1. The smallest absolute Gasteiger partial charge is 0.251 e. The Morgan fingerprint density at radius 1 is 0.879 bits per heavy atom. The average Bonchev–Trinajstić information content (AvgIpc) is 2.81. The fraction of sp³-hybridized carbons (Fsp3) is 0.440.